The first kappa shape index (κ1) is 14.8. The molecule has 4 nitrogen and oxygen atoms in total. The van der Waals surface area contributed by atoms with Gasteiger partial charge >= 0.3 is 5.97 Å². The number of rotatable bonds is 7. The van der Waals surface area contributed by atoms with E-state index in [-0.39, 0.29) is 12.1 Å². The average molecular weight is 292 g/mol. The third-order valence-electron chi connectivity index (χ3n) is 1.55. The molecule has 0 radical (unpaired) electrons. The van der Waals surface area contributed by atoms with Gasteiger partial charge in [0.05, 0.1) is 12.5 Å². The molecule has 0 atom stereocenters. The fourth-order valence-corrected chi connectivity index (χ4v) is 3.89. The van der Waals surface area contributed by atoms with Crippen molar-refractivity contribution in [2.24, 2.45) is 0 Å². The fourth-order valence-electron chi connectivity index (χ4n) is 0.981. The Hall–Kier alpha value is -0.270. The van der Waals surface area contributed by atoms with Gasteiger partial charge in [-0.2, -0.15) is 0 Å². The number of hydrogen-bond acceptors (Lipinski definition) is 7. The molecule has 0 fully saturated rings. The van der Waals surface area contributed by atoms with Crippen LogP contribution >= 0.6 is 34.9 Å². The average Bonchev–Trinajstić information content (AvgIpc) is 2.65. The van der Waals surface area contributed by atoms with Gasteiger partial charge in [-0.15, -0.1) is 10.2 Å². The Morgan fingerprint density at radius 1 is 1.35 bits per heavy atom. The van der Waals surface area contributed by atoms with Crippen LogP contribution in [0.4, 0.5) is 0 Å². The molecule has 0 spiro atoms. The van der Waals surface area contributed by atoms with E-state index in [1.54, 1.807) is 34.9 Å². The lowest BCUT2D eigenvalue weighted by Gasteiger charge is -2.06. The van der Waals surface area contributed by atoms with Crippen molar-refractivity contribution in [3.05, 3.63) is 0 Å². The zero-order valence-electron chi connectivity index (χ0n) is 10.1. The van der Waals surface area contributed by atoms with Gasteiger partial charge in [-0.3, -0.25) is 4.79 Å². The van der Waals surface area contributed by atoms with Crippen LogP contribution in [0.1, 0.15) is 27.2 Å². The summed E-state index contributed by atoms with van der Waals surface area (Å²) in [4.78, 5) is 11.3. The first-order valence-electron chi connectivity index (χ1n) is 5.40. The molecular formula is C10H16N2O2S3. The van der Waals surface area contributed by atoms with E-state index in [2.05, 4.69) is 17.1 Å². The smallest absolute Gasteiger partial charge is 0.306 e. The van der Waals surface area contributed by atoms with Gasteiger partial charge in [0, 0.05) is 5.75 Å². The van der Waals surface area contributed by atoms with Crippen LogP contribution in [0.2, 0.25) is 0 Å². The highest BCUT2D eigenvalue weighted by atomic mass is 32.2. The van der Waals surface area contributed by atoms with Gasteiger partial charge < -0.3 is 4.74 Å². The van der Waals surface area contributed by atoms with Gasteiger partial charge in [0.25, 0.3) is 0 Å². The number of nitrogens with zero attached hydrogens (tertiary/aromatic N) is 2. The summed E-state index contributed by atoms with van der Waals surface area (Å²) in [6, 6.07) is 0. The standard InChI is InChI=1S/C10H16N2O2S3/c1-4-15-9-11-12-10(17-9)16-6-5-8(13)14-7(2)3/h7H,4-6H2,1-3H3. The normalized spacial score (nSPS) is 10.8. The summed E-state index contributed by atoms with van der Waals surface area (Å²) in [7, 11) is 0. The Bertz CT molecular complexity index is 355. The molecule has 7 heteroatoms. The van der Waals surface area contributed by atoms with E-state index in [1.807, 2.05) is 13.8 Å². The molecule has 17 heavy (non-hydrogen) atoms. The molecule has 0 amide bonds. The molecule has 1 heterocycles. The number of esters is 1. The van der Waals surface area contributed by atoms with Gasteiger partial charge in [0.15, 0.2) is 8.68 Å². The van der Waals surface area contributed by atoms with Gasteiger partial charge in [0.2, 0.25) is 0 Å². The zero-order chi connectivity index (χ0) is 12.7. The highest BCUT2D eigenvalue weighted by Crippen LogP contribution is 2.28. The van der Waals surface area contributed by atoms with Crippen molar-refractivity contribution < 1.29 is 9.53 Å². The zero-order valence-corrected chi connectivity index (χ0v) is 12.6. The number of hydrogen-bond donors (Lipinski definition) is 0. The summed E-state index contributed by atoms with van der Waals surface area (Å²) in [5.74, 6) is 1.54. The summed E-state index contributed by atoms with van der Waals surface area (Å²) >= 11 is 4.81. The molecule has 0 saturated heterocycles. The molecule has 0 N–H and O–H groups in total. The van der Waals surface area contributed by atoms with Crippen molar-refractivity contribution in [2.45, 2.75) is 42.0 Å². The first-order valence-corrected chi connectivity index (χ1v) is 8.19. The SMILES string of the molecule is CCSc1nnc(SCCC(=O)OC(C)C)s1. The molecule has 1 aromatic rings. The number of carbonyl (C=O) groups is 1. The Morgan fingerprint density at radius 3 is 2.59 bits per heavy atom. The summed E-state index contributed by atoms with van der Waals surface area (Å²) in [5.41, 5.74) is 0. The molecule has 0 aliphatic rings. The van der Waals surface area contributed by atoms with Crippen LogP contribution in [0.25, 0.3) is 0 Å². The molecule has 0 saturated carbocycles. The Balaban J connectivity index is 2.23. The maximum Gasteiger partial charge on any atom is 0.306 e. The molecule has 0 aliphatic carbocycles. The van der Waals surface area contributed by atoms with E-state index in [0.29, 0.717) is 12.2 Å². The number of aromatic nitrogens is 2. The van der Waals surface area contributed by atoms with Crippen molar-refractivity contribution in [3.8, 4) is 0 Å². The lowest BCUT2D eigenvalue weighted by Crippen LogP contribution is -2.11. The van der Waals surface area contributed by atoms with E-state index >= 15 is 0 Å². The summed E-state index contributed by atoms with van der Waals surface area (Å²) in [6.45, 7) is 5.79. The first-order chi connectivity index (χ1) is 8.11. The lowest BCUT2D eigenvalue weighted by atomic mass is 10.4. The second-order valence-electron chi connectivity index (χ2n) is 3.40. The lowest BCUT2D eigenvalue weighted by molar-refractivity contribution is -0.146. The van der Waals surface area contributed by atoms with Crippen molar-refractivity contribution in [1.82, 2.24) is 10.2 Å². The minimum absolute atomic E-state index is 0.0402. The monoisotopic (exact) mass is 292 g/mol. The van der Waals surface area contributed by atoms with Crippen molar-refractivity contribution in [3.63, 3.8) is 0 Å². The fraction of sp³-hybridized carbons (Fsp3) is 0.700. The number of ether oxygens (including phenoxy) is 1. The second kappa shape index (κ2) is 7.94. The van der Waals surface area contributed by atoms with Crippen LogP contribution in [0.15, 0.2) is 8.68 Å². The molecular weight excluding hydrogens is 276 g/mol. The molecule has 0 aliphatic heterocycles. The van der Waals surface area contributed by atoms with E-state index in [4.69, 9.17) is 4.74 Å². The third kappa shape index (κ3) is 6.28. The van der Waals surface area contributed by atoms with Gasteiger partial charge in [-0.1, -0.05) is 41.8 Å². The van der Waals surface area contributed by atoms with E-state index in [1.165, 1.54) is 0 Å². The van der Waals surface area contributed by atoms with E-state index in [9.17, 15) is 4.79 Å². The van der Waals surface area contributed by atoms with Crippen LogP contribution in [-0.2, 0) is 9.53 Å². The van der Waals surface area contributed by atoms with Gasteiger partial charge in [-0.05, 0) is 19.6 Å². The summed E-state index contributed by atoms with van der Waals surface area (Å²) in [5, 5.41) is 8.10. The number of thioether (sulfide) groups is 2. The minimum Gasteiger partial charge on any atom is -0.463 e. The molecule has 0 unspecified atom stereocenters. The van der Waals surface area contributed by atoms with Crippen LogP contribution in [-0.4, -0.2) is 33.8 Å². The largest absolute Gasteiger partial charge is 0.463 e. The Morgan fingerprint density at radius 2 is 2.00 bits per heavy atom. The van der Waals surface area contributed by atoms with Crippen LogP contribution in [0, 0.1) is 0 Å². The molecule has 1 rings (SSSR count). The number of carbonyl (C=O) groups excluding carboxylic acids is 1. The van der Waals surface area contributed by atoms with Crippen LogP contribution < -0.4 is 0 Å². The molecule has 1 aromatic heterocycles. The van der Waals surface area contributed by atoms with Crippen LogP contribution in [0.5, 0.6) is 0 Å². The van der Waals surface area contributed by atoms with Crippen molar-refractivity contribution >= 4 is 40.8 Å². The minimum atomic E-state index is -0.153. The third-order valence-corrected chi connectivity index (χ3v) is 4.63. The summed E-state index contributed by atoms with van der Waals surface area (Å²) < 4.78 is 6.94. The maximum atomic E-state index is 11.3. The van der Waals surface area contributed by atoms with E-state index in [0.717, 1.165) is 14.4 Å². The Kier molecular flexibility index (Phi) is 6.91. The van der Waals surface area contributed by atoms with Gasteiger partial charge in [0.1, 0.15) is 0 Å². The highest BCUT2D eigenvalue weighted by Gasteiger charge is 2.08. The summed E-state index contributed by atoms with van der Waals surface area (Å²) in [6.07, 6.45) is 0.375. The van der Waals surface area contributed by atoms with Gasteiger partial charge in [-0.25, -0.2) is 0 Å². The molecule has 0 bridgehead atoms. The molecule has 0 aromatic carbocycles. The van der Waals surface area contributed by atoms with Crippen molar-refractivity contribution in [1.29, 1.82) is 0 Å². The maximum absolute atomic E-state index is 11.3. The quantitative estimate of drug-likeness (QED) is 0.568. The van der Waals surface area contributed by atoms with E-state index < -0.39 is 0 Å². The molecule has 96 valence electrons. The van der Waals surface area contributed by atoms with Crippen LogP contribution in [0.3, 0.4) is 0 Å². The Labute approximate surface area is 114 Å². The van der Waals surface area contributed by atoms with Crippen molar-refractivity contribution in [2.75, 3.05) is 11.5 Å². The second-order valence-corrected chi connectivity index (χ2v) is 7.23. The topological polar surface area (TPSA) is 52.1 Å². The highest BCUT2D eigenvalue weighted by molar-refractivity contribution is 8.03. The predicted octanol–water partition coefficient (Wildman–Crippen LogP) is 3.08. The predicted molar refractivity (Wildman–Crippen MR) is 72.9 cm³/mol.